The van der Waals surface area contributed by atoms with Crippen LogP contribution in [0.2, 0.25) is 0 Å². The van der Waals surface area contributed by atoms with Crippen molar-refractivity contribution >= 4 is 11.9 Å². The molecule has 2 fully saturated rings. The molecule has 3 amide bonds. The molecule has 0 aromatic heterocycles. The van der Waals surface area contributed by atoms with Gasteiger partial charge in [-0.15, -0.1) is 0 Å². The van der Waals surface area contributed by atoms with E-state index in [1.54, 1.807) is 7.11 Å². The smallest absolute Gasteiger partial charge is 0.324 e. The number of imide groups is 1. The Morgan fingerprint density at radius 2 is 1.78 bits per heavy atom. The first kappa shape index (κ1) is 22.3. The summed E-state index contributed by atoms with van der Waals surface area (Å²) in [6.45, 7) is 5.05. The van der Waals surface area contributed by atoms with Crippen molar-refractivity contribution in [2.75, 3.05) is 46.4 Å². The zero-order chi connectivity index (χ0) is 22.3. The first-order valence-electron chi connectivity index (χ1n) is 11.3. The molecule has 2 aliphatic heterocycles. The van der Waals surface area contributed by atoms with E-state index in [-0.39, 0.29) is 18.5 Å². The van der Waals surface area contributed by atoms with Gasteiger partial charge in [-0.25, -0.2) is 4.79 Å². The second-order valence-corrected chi connectivity index (χ2v) is 8.55. The van der Waals surface area contributed by atoms with Crippen LogP contribution < -0.4 is 15.4 Å². The second kappa shape index (κ2) is 10.6. The lowest BCUT2D eigenvalue weighted by Gasteiger charge is -2.27. The summed E-state index contributed by atoms with van der Waals surface area (Å²) in [5.41, 5.74) is 2.26. The number of hydrogen-bond acceptors (Lipinski definition) is 5. The number of nitrogens with one attached hydrogen (secondary N) is 2. The molecule has 7 nitrogen and oxygen atoms in total. The van der Waals surface area contributed by atoms with Crippen molar-refractivity contribution in [3.05, 3.63) is 65.7 Å². The molecule has 2 aliphatic rings. The molecule has 2 saturated heterocycles. The fourth-order valence-corrected chi connectivity index (χ4v) is 4.63. The van der Waals surface area contributed by atoms with E-state index in [0.29, 0.717) is 31.3 Å². The van der Waals surface area contributed by atoms with Crippen molar-refractivity contribution in [3.63, 3.8) is 0 Å². The largest absolute Gasteiger partial charge is 0.497 e. The monoisotopic (exact) mass is 436 g/mol. The van der Waals surface area contributed by atoms with Gasteiger partial charge in [-0.3, -0.25) is 9.69 Å². The number of carbonyl (C=O) groups is 2. The van der Waals surface area contributed by atoms with Crippen molar-refractivity contribution in [1.29, 1.82) is 0 Å². The second-order valence-electron chi connectivity index (χ2n) is 8.55. The van der Waals surface area contributed by atoms with Gasteiger partial charge in [-0.05, 0) is 35.7 Å². The Morgan fingerprint density at radius 1 is 1.00 bits per heavy atom. The molecule has 0 bridgehead atoms. The summed E-state index contributed by atoms with van der Waals surface area (Å²) in [6, 6.07) is 17.8. The van der Waals surface area contributed by atoms with E-state index < -0.39 is 0 Å². The number of hydrogen-bond donors (Lipinski definition) is 2. The topological polar surface area (TPSA) is 73.9 Å². The van der Waals surface area contributed by atoms with E-state index in [1.165, 1.54) is 10.5 Å². The molecule has 0 spiro atoms. The van der Waals surface area contributed by atoms with Crippen LogP contribution in [-0.2, 0) is 11.3 Å². The number of benzene rings is 2. The van der Waals surface area contributed by atoms with Crippen LogP contribution in [0, 0.1) is 5.92 Å². The predicted octanol–water partition coefficient (Wildman–Crippen LogP) is 2.44. The molecule has 170 valence electrons. The van der Waals surface area contributed by atoms with Crippen molar-refractivity contribution in [1.82, 2.24) is 20.4 Å². The Bertz CT molecular complexity index is 903. The number of carbonyl (C=O) groups excluding carboxylic acids is 2. The summed E-state index contributed by atoms with van der Waals surface area (Å²) < 4.78 is 5.19. The summed E-state index contributed by atoms with van der Waals surface area (Å²) in [5, 5.41) is 6.46. The van der Waals surface area contributed by atoms with Gasteiger partial charge in [0.2, 0.25) is 5.91 Å². The van der Waals surface area contributed by atoms with Crippen molar-refractivity contribution in [2.24, 2.45) is 5.92 Å². The summed E-state index contributed by atoms with van der Waals surface area (Å²) in [5.74, 6) is 1.56. The van der Waals surface area contributed by atoms with Gasteiger partial charge in [-0.1, -0.05) is 42.5 Å². The van der Waals surface area contributed by atoms with Crippen LogP contribution >= 0.6 is 0 Å². The van der Waals surface area contributed by atoms with Gasteiger partial charge < -0.3 is 20.3 Å². The Hall–Kier alpha value is -2.90. The van der Waals surface area contributed by atoms with Crippen LogP contribution in [0.1, 0.15) is 23.5 Å². The highest BCUT2D eigenvalue weighted by Gasteiger charge is 2.31. The third-order valence-electron chi connectivity index (χ3n) is 6.45. The molecule has 0 saturated carbocycles. The maximum Gasteiger partial charge on any atom is 0.324 e. The van der Waals surface area contributed by atoms with Gasteiger partial charge in [0.15, 0.2) is 0 Å². The van der Waals surface area contributed by atoms with E-state index in [2.05, 4.69) is 45.9 Å². The summed E-state index contributed by atoms with van der Waals surface area (Å²) in [7, 11) is 1.61. The van der Waals surface area contributed by atoms with Gasteiger partial charge in [0, 0.05) is 45.1 Å². The lowest BCUT2D eigenvalue weighted by molar-refractivity contribution is -0.129. The van der Waals surface area contributed by atoms with Crippen LogP contribution in [0.25, 0.3) is 0 Å². The molecule has 2 aromatic carbocycles. The average Bonchev–Trinajstić information content (AvgIpc) is 3.30. The van der Waals surface area contributed by atoms with Gasteiger partial charge >= 0.3 is 6.03 Å². The molecule has 7 heteroatoms. The van der Waals surface area contributed by atoms with Crippen LogP contribution in [0.15, 0.2) is 54.6 Å². The van der Waals surface area contributed by atoms with E-state index in [0.717, 1.165) is 37.5 Å². The molecule has 2 atom stereocenters. The predicted molar refractivity (Wildman–Crippen MR) is 124 cm³/mol. The van der Waals surface area contributed by atoms with Crippen LogP contribution in [0.5, 0.6) is 5.75 Å². The lowest BCUT2D eigenvalue weighted by atomic mass is 9.88. The maximum absolute atomic E-state index is 12.9. The zero-order valence-corrected chi connectivity index (χ0v) is 18.6. The number of methoxy groups -OCH3 is 1. The quantitative estimate of drug-likeness (QED) is 0.728. The van der Waals surface area contributed by atoms with E-state index in [9.17, 15) is 9.59 Å². The van der Waals surface area contributed by atoms with Gasteiger partial charge in [-0.2, -0.15) is 0 Å². The minimum absolute atomic E-state index is 0.144. The van der Waals surface area contributed by atoms with Gasteiger partial charge in [0.25, 0.3) is 0 Å². The SMILES string of the molecule is COc1ccc(CN2C(=O)CCN(C[C@H]3CNC[C@@H]3c3ccccc3)CCNC2=O)cc1. The van der Waals surface area contributed by atoms with Crippen LogP contribution in [0.4, 0.5) is 4.79 Å². The van der Waals surface area contributed by atoms with E-state index >= 15 is 0 Å². The Balaban J connectivity index is 1.38. The Morgan fingerprint density at radius 3 is 2.53 bits per heavy atom. The molecule has 2 aromatic rings. The molecule has 2 heterocycles. The molecular formula is C25H32N4O3. The number of rotatable bonds is 6. The molecule has 2 N–H and O–H groups in total. The number of ether oxygens (including phenoxy) is 1. The summed E-state index contributed by atoms with van der Waals surface area (Å²) in [4.78, 5) is 29.3. The van der Waals surface area contributed by atoms with Crippen molar-refractivity contribution in [3.8, 4) is 5.75 Å². The first-order chi connectivity index (χ1) is 15.6. The van der Waals surface area contributed by atoms with Gasteiger partial charge in [0.1, 0.15) is 5.75 Å². The summed E-state index contributed by atoms with van der Waals surface area (Å²) in [6.07, 6.45) is 0.333. The highest BCUT2D eigenvalue weighted by Crippen LogP contribution is 2.28. The average molecular weight is 437 g/mol. The molecule has 4 rings (SSSR count). The van der Waals surface area contributed by atoms with Crippen molar-refractivity contribution in [2.45, 2.75) is 18.9 Å². The minimum atomic E-state index is -0.322. The minimum Gasteiger partial charge on any atom is -0.497 e. The third kappa shape index (κ3) is 5.47. The lowest BCUT2D eigenvalue weighted by Crippen LogP contribution is -2.43. The molecule has 0 unspecified atom stereocenters. The fourth-order valence-electron chi connectivity index (χ4n) is 4.63. The third-order valence-corrected chi connectivity index (χ3v) is 6.45. The Labute approximate surface area is 189 Å². The van der Waals surface area contributed by atoms with E-state index in [4.69, 9.17) is 4.74 Å². The van der Waals surface area contributed by atoms with Gasteiger partial charge in [0.05, 0.1) is 13.7 Å². The number of amides is 3. The summed E-state index contributed by atoms with van der Waals surface area (Å²) >= 11 is 0. The highest BCUT2D eigenvalue weighted by atomic mass is 16.5. The molecule has 0 radical (unpaired) electrons. The molecular weight excluding hydrogens is 404 g/mol. The normalized spacial score (nSPS) is 22.7. The zero-order valence-electron chi connectivity index (χ0n) is 18.6. The Kier molecular flexibility index (Phi) is 7.39. The van der Waals surface area contributed by atoms with Crippen LogP contribution in [0.3, 0.4) is 0 Å². The maximum atomic E-state index is 12.9. The molecule has 32 heavy (non-hydrogen) atoms. The standard InChI is InChI=1S/C25H32N4O3/c1-32-22-9-7-19(8-10-22)17-29-24(30)11-13-28(14-12-27-25(29)31)18-21-15-26-16-23(21)20-5-3-2-4-6-20/h2-10,21,23,26H,11-18H2,1H3,(H,27,31)/t21-,23-/m1/s1. The number of urea groups is 1. The van der Waals surface area contributed by atoms with Crippen LogP contribution in [-0.4, -0.2) is 68.1 Å². The highest BCUT2D eigenvalue weighted by molar-refractivity contribution is 5.94. The molecule has 0 aliphatic carbocycles. The fraction of sp³-hybridized carbons (Fsp3) is 0.440. The van der Waals surface area contributed by atoms with E-state index in [1.807, 2.05) is 24.3 Å². The van der Waals surface area contributed by atoms with Crippen molar-refractivity contribution < 1.29 is 14.3 Å². The number of nitrogens with zero attached hydrogens (tertiary/aromatic N) is 2. The first-order valence-corrected chi connectivity index (χ1v) is 11.3.